The van der Waals surface area contributed by atoms with E-state index in [0.29, 0.717) is 11.8 Å². The minimum atomic E-state index is -4.33. The van der Waals surface area contributed by atoms with Crippen LogP contribution in [0.15, 0.2) is 18.3 Å². The summed E-state index contributed by atoms with van der Waals surface area (Å²) in [5.41, 5.74) is 0.0651. The zero-order chi connectivity index (χ0) is 13.6. The number of piperidine rings is 1. The van der Waals surface area contributed by atoms with E-state index in [1.54, 1.807) is 0 Å². The third-order valence-electron chi connectivity index (χ3n) is 3.80. The van der Waals surface area contributed by atoms with Gasteiger partial charge in [0.1, 0.15) is 12.2 Å². The van der Waals surface area contributed by atoms with Gasteiger partial charge in [-0.1, -0.05) is 0 Å². The van der Waals surface area contributed by atoms with Gasteiger partial charge in [-0.05, 0) is 24.0 Å². The summed E-state index contributed by atoms with van der Waals surface area (Å²) in [7, 11) is 0. The summed E-state index contributed by atoms with van der Waals surface area (Å²) >= 11 is 0. The van der Waals surface area contributed by atoms with Crippen LogP contribution in [0, 0.1) is 11.8 Å². The van der Waals surface area contributed by atoms with E-state index in [0.717, 1.165) is 17.7 Å². The average Bonchev–Trinajstić information content (AvgIpc) is 2.74. The molecule has 3 rings (SSSR count). The minimum absolute atomic E-state index is 0.0651. The molecule has 2 fully saturated rings. The molecule has 0 aromatic carbocycles. The van der Waals surface area contributed by atoms with Crippen molar-refractivity contribution in [3.05, 3.63) is 24.0 Å². The Labute approximate surface area is 108 Å². The Morgan fingerprint density at radius 2 is 2.11 bits per heavy atom. The number of aromatic nitrogens is 1. The molecule has 1 aliphatic heterocycles. The number of hydrogen-bond donors (Lipinski definition) is 2. The fraction of sp³-hybridized carbons (Fsp3) is 0.583. The number of carbonyl (C=O) groups is 1. The molecule has 2 heterocycles. The maximum Gasteiger partial charge on any atom is 0.406 e. The van der Waals surface area contributed by atoms with Gasteiger partial charge in [0.15, 0.2) is 0 Å². The van der Waals surface area contributed by atoms with Crippen LogP contribution < -0.4 is 10.6 Å². The first kappa shape index (κ1) is 12.5. The van der Waals surface area contributed by atoms with Crippen molar-refractivity contribution < 1.29 is 18.0 Å². The van der Waals surface area contributed by atoms with Crippen molar-refractivity contribution in [2.75, 3.05) is 13.1 Å². The second kappa shape index (κ2) is 4.26. The van der Waals surface area contributed by atoms with E-state index in [9.17, 15) is 18.0 Å². The van der Waals surface area contributed by atoms with Crippen LogP contribution in [0.3, 0.4) is 0 Å². The molecule has 19 heavy (non-hydrogen) atoms. The molecule has 1 aromatic rings. The van der Waals surface area contributed by atoms with Crippen molar-refractivity contribution in [2.24, 2.45) is 11.8 Å². The first-order valence-electron chi connectivity index (χ1n) is 6.19. The predicted octanol–water partition coefficient (Wildman–Crippen LogP) is 0.998. The fourth-order valence-corrected chi connectivity index (χ4v) is 2.81. The number of nitrogens with zero attached hydrogens (tertiary/aromatic N) is 1. The van der Waals surface area contributed by atoms with Gasteiger partial charge in [0.2, 0.25) is 0 Å². The van der Waals surface area contributed by atoms with Crippen molar-refractivity contribution >= 4 is 5.91 Å². The van der Waals surface area contributed by atoms with Crippen LogP contribution in [0.1, 0.15) is 10.5 Å². The van der Waals surface area contributed by atoms with Crippen molar-refractivity contribution in [3.63, 3.8) is 0 Å². The molecular weight excluding hydrogens is 259 g/mol. The summed E-state index contributed by atoms with van der Waals surface area (Å²) in [6.45, 7) is 0.611. The normalized spacial score (nSPS) is 29.1. The van der Waals surface area contributed by atoms with Gasteiger partial charge >= 0.3 is 6.18 Å². The van der Waals surface area contributed by atoms with Gasteiger partial charge in [-0.25, -0.2) is 0 Å². The summed E-state index contributed by atoms with van der Waals surface area (Å²) in [5.74, 6) is 0.457. The molecule has 1 amide bonds. The van der Waals surface area contributed by atoms with E-state index < -0.39 is 18.6 Å². The molecule has 0 radical (unpaired) electrons. The summed E-state index contributed by atoms with van der Waals surface area (Å²) < 4.78 is 38.0. The molecule has 2 aliphatic rings. The van der Waals surface area contributed by atoms with Gasteiger partial charge in [-0.15, -0.1) is 0 Å². The van der Waals surface area contributed by atoms with Gasteiger partial charge in [-0.3, -0.25) is 4.79 Å². The highest BCUT2D eigenvalue weighted by Gasteiger charge is 2.53. The van der Waals surface area contributed by atoms with Gasteiger partial charge in [0.05, 0.1) is 0 Å². The Morgan fingerprint density at radius 3 is 2.74 bits per heavy atom. The van der Waals surface area contributed by atoms with Crippen molar-refractivity contribution in [1.29, 1.82) is 0 Å². The lowest BCUT2D eigenvalue weighted by Gasteiger charge is -2.12. The molecule has 4 nitrogen and oxygen atoms in total. The first-order valence-corrected chi connectivity index (χ1v) is 6.19. The molecule has 1 saturated carbocycles. The average molecular weight is 273 g/mol. The van der Waals surface area contributed by atoms with Gasteiger partial charge < -0.3 is 15.2 Å². The molecular formula is C12H14F3N3O. The lowest BCUT2D eigenvalue weighted by atomic mass is 10.3. The van der Waals surface area contributed by atoms with E-state index >= 15 is 0 Å². The van der Waals surface area contributed by atoms with Crippen LogP contribution >= 0.6 is 0 Å². The highest BCUT2D eigenvalue weighted by Crippen LogP contribution is 2.41. The number of carbonyl (C=O) groups excluding carboxylic acids is 1. The second-order valence-electron chi connectivity index (χ2n) is 5.12. The molecule has 0 spiro atoms. The number of hydrogen-bond acceptors (Lipinski definition) is 2. The molecule has 1 aromatic heterocycles. The molecule has 2 N–H and O–H groups in total. The Morgan fingerprint density at radius 1 is 1.42 bits per heavy atom. The number of rotatable bonds is 3. The number of nitrogens with one attached hydrogen (secondary N) is 2. The van der Waals surface area contributed by atoms with E-state index in [4.69, 9.17) is 0 Å². The number of fused-ring (bicyclic) bond motifs is 1. The van der Waals surface area contributed by atoms with Crippen LogP contribution in [0.4, 0.5) is 13.2 Å². The summed E-state index contributed by atoms with van der Waals surface area (Å²) in [6.07, 6.45) is -3.05. The zero-order valence-corrected chi connectivity index (χ0v) is 10.1. The quantitative estimate of drug-likeness (QED) is 0.863. The predicted molar refractivity (Wildman–Crippen MR) is 61.6 cm³/mol. The van der Waals surface area contributed by atoms with Gasteiger partial charge in [0, 0.05) is 25.3 Å². The first-order chi connectivity index (χ1) is 8.96. The van der Waals surface area contributed by atoms with Gasteiger partial charge in [0.25, 0.3) is 5.91 Å². The third-order valence-corrected chi connectivity index (χ3v) is 3.80. The number of halogens is 3. The topological polar surface area (TPSA) is 46.1 Å². The summed E-state index contributed by atoms with van der Waals surface area (Å²) in [5, 5.41) is 6.01. The van der Waals surface area contributed by atoms with Crippen LogP contribution in [0.5, 0.6) is 0 Å². The standard InChI is InChI=1S/C12H14F3N3O/c13-12(14,15)6-18-3-1-2-9(18)11(19)17-10-7-4-16-5-8(7)10/h1-3,7-8,10,16H,4-6H2,(H,17,19). The Balaban J connectivity index is 1.65. The SMILES string of the molecule is O=C(NC1C2CNCC21)c1cccn1CC(F)(F)F. The van der Waals surface area contributed by atoms with Crippen LogP contribution in [-0.2, 0) is 6.54 Å². The minimum Gasteiger partial charge on any atom is -0.347 e. The van der Waals surface area contributed by atoms with Gasteiger partial charge in [-0.2, -0.15) is 13.2 Å². The molecule has 2 unspecified atom stereocenters. The lowest BCUT2D eigenvalue weighted by molar-refractivity contribution is -0.140. The monoisotopic (exact) mass is 273 g/mol. The number of amides is 1. The van der Waals surface area contributed by atoms with Crippen molar-refractivity contribution in [2.45, 2.75) is 18.8 Å². The lowest BCUT2D eigenvalue weighted by Crippen LogP contribution is -2.34. The van der Waals surface area contributed by atoms with Crippen molar-refractivity contribution in [3.8, 4) is 0 Å². The second-order valence-corrected chi connectivity index (χ2v) is 5.12. The maximum atomic E-state index is 12.4. The largest absolute Gasteiger partial charge is 0.406 e. The Bertz CT molecular complexity index is 487. The van der Waals surface area contributed by atoms with Crippen LogP contribution in [0.25, 0.3) is 0 Å². The summed E-state index contributed by atoms with van der Waals surface area (Å²) in [4.78, 5) is 12.0. The Hall–Kier alpha value is -1.50. The highest BCUT2D eigenvalue weighted by atomic mass is 19.4. The zero-order valence-electron chi connectivity index (χ0n) is 10.1. The Kier molecular flexibility index (Phi) is 2.81. The highest BCUT2D eigenvalue weighted by molar-refractivity contribution is 5.93. The smallest absolute Gasteiger partial charge is 0.347 e. The van der Waals surface area contributed by atoms with E-state index in [1.165, 1.54) is 18.3 Å². The van der Waals surface area contributed by atoms with Crippen LogP contribution in [0.2, 0.25) is 0 Å². The molecule has 1 saturated heterocycles. The fourth-order valence-electron chi connectivity index (χ4n) is 2.81. The van der Waals surface area contributed by atoms with E-state index in [2.05, 4.69) is 10.6 Å². The van der Waals surface area contributed by atoms with Crippen molar-refractivity contribution in [1.82, 2.24) is 15.2 Å². The molecule has 7 heteroatoms. The van der Waals surface area contributed by atoms with Crippen LogP contribution in [-0.4, -0.2) is 35.8 Å². The molecule has 1 aliphatic carbocycles. The number of alkyl halides is 3. The maximum absolute atomic E-state index is 12.4. The molecule has 0 bridgehead atoms. The van der Waals surface area contributed by atoms with E-state index in [-0.39, 0.29) is 11.7 Å². The molecule has 2 atom stereocenters. The third kappa shape index (κ3) is 2.47. The molecule has 104 valence electrons. The van der Waals surface area contributed by atoms with E-state index in [1.807, 2.05) is 0 Å². The summed E-state index contributed by atoms with van der Waals surface area (Å²) in [6, 6.07) is 2.98.